The van der Waals surface area contributed by atoms with Gasteiger partial charge in [-0.15, -0.1) is 0 Å². The smallest absolute Gasteiger partial charge is 0.258 e. The van der Waals surface area contributed by atoms with E-state index in [0.29, 0.717) is 5.02 Å². The molecule has 0 N–H and O–H groups in total. The van der Waals surface area contributed by atoms with Crippen LogP contribution in [0.15, 0.2) is 54.7 Å². The van der Waals surface area contributed by atoms with Gasteiger partial charge in [-0.3, -0.25) is 15.1 Å². The van der Waals surface area contributed by atoms with Gasteiger partial charge in [-0.05, 0) is 23.8 Å². The van der Waals surface area contributed by atoms with Gasteiger partial charge in [0, 0.05) is 29.3 Å². The zero-order valence-electron chi connectivity index (χ0n) is 11.4. The SMILES string of the molecule is O=[N+]([O-])c1ccc(/C=C/c2cnc3ccccc3c2Cl)cc1. The summed E-state index contributed by atoms with van der Waals surface area (Å²) >= 11 is 6.39. The van der Waals surface area contributed by atoms with Crippen molar-refractivity contribution in [1.82, 2.24) is 4.98 Å². The van der Waals surface area contributed by atoms with Gasteiger partial charge in [-0.2, -0.15) is 0 Å². The van der Waals surface area contributed by atoms with Gasteiger partial charge < -0.3 is 0 Å². The van der Waals surface area contributed by atoms with Crippen LogP contribution >= 0.6 is 11.6 Å². The maximum absolute atomic E-state index is 10.6. The van der Waals surface area contributed by atoms with Crippen molar-refractivity contribution in [3.8, 4) is 0 Å². The Kier molecular flexibility index (Phi) is 3.85. The fourth-order valence-electron chi connectivity index (χ4n) is 2.13. The standard InChI is InChI=1S/C17H11ClN2O2/c18-17-13(11-19-16-4-2-1-3-15(16)17)8-5-12-6-9-14(10-7-12)20(21)22/h1-11H/b8-5+. The van der Waals surface area contributed by atoms with Crippen molar-refractivity contribution in [3.05, 3.63) is 81.0 Å². The summed E-state index contributed by atoms with van der Waals surface area (Å²) in [5, 5.41) is 12.2. The van der Waals surface area contributed by atoms with Gasteiger partial charge in [-0.1, -0.05) is 42.0 Å². The van der Waals surface area contributed by atoms with E-state index >= 15 is 0 Å². The molecule has 0 aliphatic carbocycles. The second-order valence-electron chi connectivity index (χ2n) is 4.73. The molecule has 3 rings (SSSR count). The summed E-state index contributed by atoms with van der Waals surface area (Å²) in [4.78, 5) is 14.6. The Morgan fingerprint density at radius 2 is 1.77 bits per heavy atom. The Hall–Kier alpha value is -2.72. The number of benzene rings is 2. The minimum Gasteiger partial charge on any atom is -0.258 e. The Labute approximate surface area is 131 Å². The van der Waals surface area contributed by atoms with E-state index in [0.717, 1.165) is 22.0 Å². The van der Waals surface area contributed by atoms with Gasteiger partial charge in [0.1, 0.15) is 0 Å². The number of rotatable bonds is 3. The molecule has 0 fully saturated rings. The number of pyridine rings is 1. The lowest BCUT2D eigenvalue weighted by Crippen LogP contribution is -1.86. The van der Waals surface area contributed by atoms with Crippen LogP contribution in [0.25, 0.3) is 23.1 Å². The number of halogens is 1. The van der Waals surface area contributed by atoms with E-state index in [-0.39, 0.29) is 5.69 Å². The van der Waals surface area contributed by atoms with E-state index < -0.39 is 4.92 Å². The van der Waals surface area contributed by atoms with Gasteiger partial charge in [0.2, 0.25) is 0 Å². The van der Waals surface area contributed by atoms with Crippen molar-refractivity contribution < 1.29 is 4.92 Å². The lowest BCUT2D eigenvalue weighted by atomic mass is 10.1. The Morgan fingerprint density at radius 3 is 2.50 bits per heavy atom. The summed E-state index contributed by atoms with van der Waals surface area (Å²) in [6.07, 6.45) is 5.41. The average Bonchev–Trinajstić information content (AvgIpc) is 2.55. The number of aromatic nitrogens is 1. The number of para-hydroxylation sites is 1. The van der Waals surface area contributed by atoms with Gasteiger partial charge in [0.25, 0.3) is 5.69 Å². The Bertz CT molecular complexity index is 873. The number of fused-ring (bicyclic) bond motifs is 1. The first-order valence-corrected chi connectivity index (χ1v) is 6.99. The zero-order valence-corrected chi connectivity index (χ0v) is 12.2. The summed E-state index contributed by atoms with van der Waals surface area (Å²) in [6, 6.07) is 14.0. The topological polar surface area (TPSA) is 56.0 Å². The molecule has 3 aromatic rings. The highest BCUT2D eigenvalue weighted by Gasteiger charge is 2.05. The number of non-ortho nitro benzene ring substituents is 1. The van der Waals surface area contributed by atoms with Crippen LogP contribution in [0.1, 0.15) is 11.1 Å². The number of hydrogen-bond acceptors (Lipinski definition) is 3. The third-order valence-electron chi connectivity index (χ3n) is 3.30. The molecule has 5 heteroatoms. The largest absolute Gasteiger partial charge is 0.269 e. The first kappa shape index (κ1) is 14.2. The molecule has 0 radical (unpaired) electrons. The highest BCUT2D eigenvalue weighted by Crippen LogP contribution is 2.27. The fourth-order valence-corrected chi connectivity index (χ4v) is 2.40. The van der Waals surface area contributed by atoms with Crippen molar-refractivity contribution in [3.63, 3.8) is 0 Å². The maximum atomic E-state index is 10.6. The molecule has 0 spiro atoms. The van der Waals surface area contributed by atoms with Crippen molar-refractivity contribution >= 4 is 40.3 Å². The third kappa shape index (κ3) is 2.82. The molecule has 2 aromatic carbocycles. The van der Waals surface area contributed by atoms with E-state index in [1.807, 2.05) is 36.4 Å². The van der Waals surface area contributed by atoms with Crippen LogP contribution in [-0.4, -0.2) is 9.91 Å². The molecular weight excluding hydrogens is 300 g/mol. The van der Waals surface area contributed by atoms with Crippen molar-refractivity contribution in [1.29, 1.82) is 0 Å². The Morgan fingerprint density at radius 1 is 1.05 bits per heavy atom. The minimum atomic E-state index is -0.419. The average molecular weight is 311 g/mol. The quantitative estimate of drug-likeness (QED) is 0.507. The molecule has 0 atom stereocenters. The summed E-state index contributed by atoms with van der Waals surface area (Å²) in [6.45, 7) is 0. The van der Waals surface area contributed by atoms with E-state index in [1.54, 1.807) is 18.3 Å². The molecule has 1 heterocycles. The van der Waals surface area contributed by atoms with Crippen LogP contribution in [0.5, 0.6) is 0 Å². The molecular formula is C17H11ClN2O2. The van der Waals surface area contributed by atoms with Crippen LogP contribution in [0.4, 0.5) is 5.69 Å². The zero-order chi connectivity index (χ0) is 15.5. The first-order valence-electron chi connectivity index (χ1n) is 6.61. The molecule has 0 saturated heterocycles. The van der Waals surface area contributed by atoms with Crippen LogP contribution in [0.3, 0.4) is 0 Å². The molecule has 0 saturated carbocycles. The highest BCUT2D eigenvalue weighted by molar-refractivity contribution is 6.36. The second-order valence-corrected chi connectivity index (χ2v) is 5.10. The number of hydrogen-bond donors (Lipinski definition) is 0. The molecule has 0 amide bonds. The van der Waals surface area contributed by atoms with Crippen LogP contribution < -0.4 is 0 Å². The lowest BCUT2D eigenvalue weighted by molar-refractivity contribution is -0.384. The number of nitrogens with zero attached hydrogens (tertiary/aromatic N) is 2. The van der Waals surface area contributed by atoms with Gasteiger partial charge in [0.05, 0.1) is 15.5 Å². The monoisotopic (exact) mass is 310 g/mol. The minimum absolute atomic E-state index is 0.0718. The van der Waals surface area contributed by atoms with Gasteiger partial charge >= 0.3 is 0 Å². The van der Waals surface area contributed by atoms with E-state index in [2.05, 4.69) is 4.98 Å². The summed E-state index contributed by atoms with van der Waals surface area (Å²) < 4.78 is 0. The third-order valence-corrected chi connectivity index (χ3v) is 3.72. The molecule has 22 heavy (non-hydrogen) atoms. The molecule has 4 nitrogen and oxygen atoms in total. The summed E-state index contributed by atoms with van der Waals surface area (Å²) in [7, 11) is 0. The van der Waals surface area contributed by atoms with E-state index in [4.69, 9.17) is 11.6 Å². The predicted octanol–water partition coefficient (Wildman–Crippen LogP) is 4.97. The molecule has 1 aromatic heterocycles. The molecule has 0 aliphatic rings. The number of nitro benzene ring substituents is 1. The molecule has 0 bridgehead atoms. The predicted molar refractivity (Wildman–Crippen MR) is 88.8 cm³/mol. The van der Waals surface area contributed by atoms with Crippen molar-refractivity contribution in [2.75, 3.05) is 0 Å². The van der Waals surface area contributed by atoms with E-state index in [9.17, 15) is 10.1 Å². The second kappa shape index (κ2) is 5.95. The highest BCUT2D eigenvalue weighted by atomic mass is 35.5. The lowest BCUT2D eigenvalue weighted by Gasteiger charge is -2.03. The maximum Gasteiger partial charge on any atom is 0.269 e. The molecule has 108 valence electrons. The summed E-state index contributed by atoms with van der Waals surface area (Å²) in [5.41, 5.74) is 2.58. The van der Waals surface area contributed by atoms with Crippen LogP contribution in [0.2, 0.25) is 5.02 Å². The molecule has 0 aliphatic heterocycles. The van der Waals surface area contributed by atoms with Gasteiger partial charge in [0.15, 0.2) is 0 Å². The summed E-state index contributed by atoms with van der Waals surface area (Å²) in [5.74, 6) is 0. The first-order chi connectivity index (χ1) is 10.6. The van der Waals surface area contributed by atoms with Gasteiger partial charge in [-0.25, -0.2) is 0 Å². The van der Waals surface area contributed by atoms with Crippen molar-refractivity contribution in [2.24, 2.45) is 0 Å². The Balaban J connectivity index is 1.92. The van der Waals surface area contributed by atoms with Crippen LogP contribution in [0, 0.1) is 10.1 Å². The van der Waals surface area contributed by atoms with Crippen molar-refractivity contribution in [2.45, 2.75) is 0 Å². The van der Waals surface area contributed by atoms with Crippen LogP contribution in [-0.2, 0) is 0 Å². The molecule has 0 unspecified atom stereocenters. The van der Waals surface area contributed by atoms with E-state index in [1.165, 1.54) is 12.1 Å². The fraction of sp³-hybridized carbons (Fsp3) is 0. The normalized spacial score (nSPS) is 11.1. The number of nitro groups is 1.